The molecule has 106 valence electrons. The van der Waals surface area contributed by atoms with Gasteiger partial charge in [0.15, 0.2) is 0 Å². The molecule has 1 heterocycles. The summed E-state index contributed by atoms with van der Waals surface area (Å²) in [5, 5.41) is 3.16. The van der Waals surface area contributed by atoms with Gasteiger partial charge in [0.05, 0.1) is 5.75 Å². The number of aromatic nitrogens is 2. The number of rotatable bonds is 5. The molecule has 1 N–H and O–H groups in total. The minimum atomic E-state index is 0.798. The summed E-state index contributed by atoms with van der Waals surface area (Å²) in [6, 6.07) is 8.42. The number of anilines is 1. The van der Waals surface area contributed by atoms with Crippen molar-refractivity contribution in [3.63, 3.8) is 0 Å². The first kappa shape index (κ1) is 14.9. The maximum Gasteiger partial charge on any atom is 0.141 e. The van der Waals surface area contributed by atoms with Crippen LogP contribution in [0.5, 0.6) is 0 Å². The summed E-state index contributed by atoms with van der Waals surface area (Å²) in [5.41, 5.74) is 3.58. The number of aryl methyl sites for hydroxylation is 2. The monoisotopic (exact) mass is 287 g/mol. The molecule has 20 heavy (non-hydrogen) atoms. The van der Waals surface area contributed by atoms with Crippen molar-refractivity contribution in [2.24, 2.45) is 0 Å². The van der Waals surface area contributed by atoms with E-state index in [1.165, 1.54) is 10.5 Å². The first-order valence-electron chi connectivity index (χ1n) is 6.88. The van der Waals surface area contributed by atoms with Gasteiger partial charge < -0.3 is 5.32 Å². The molecule has 2 rings (SSSR count). The molecule has 0 amide bonds. The lowest BCUT2D eigenvalue weighted by Gasteiger charge is -2.11. The predicted octanol–water partition coefficient (Wildman–Crippen LogP) is 3.99. The van der Waals surface area contributed by atoms with Gasteiger partial charge >= 0.3 is 0 Å². The van der Waals surface area contributed by atoms with Gasteiger partial charge in [-0.1, -0.05) is 25.1 Å². The first-order valence-corrected chi connectivity index (χ1v) is 7.86. The van der Waals surface area contributed by atoms with E-state index in [4.69, 9.17) is 0 Å². The lowest BCUT2D eigenvalue weighted by atomic mass is 10.2. The van der Waals surface area contributed by atoms with E-state index in [9.17, 15) is 0 Å². The Hall–Kier alpha value is -1.55. The van der Waals surface area contributed by atoms with E-state index in [1.807, 2.05) is 7.05 Å². The number of thioether (sulfide) groups is 1. The third kappa shape index (κ3) is 3.31. The van der Waals surface area contributed by atoms with Crippen LogP contribution in [0.2, 0.25) is 0 Å². The van der Waals surface area contributed by atoms with Gasteiger partial charge in [-0.25, -0.2) is 9.97 Å². The molecule has 0 saturated heterocycles. The van der Waals surface area contributed by atoms with Gasteiger partial charge in [-0.2, -0.15) is 0 Å². The molecule has 0 aliphatic rings. The van der Waals surface area contributed by atoms with Crippen LogP contribution in [0.1, 0.15) is 29.6 Å². The Morgan fingerprint density at radius 1 is 1.15 bits per heavy atom. The third-order valence-corrected chi connectivity index (χ3v) is 4.49. The van der Waals surface area contributed by atoms with E-state index in [0.29, 0.717) is 0 Å². The van der Waals surface area contributed by atoms with Gasteiger partial charge in [0.2, 0.25) is 0 Å². The van der Waals surface area contributed by atoms with Crippen LogP contribution in [0, 0.1) is 13.8 Å². The smallest absolute Gasteiger partial charge is 0.141 e. The second-order valence-corrected chi connectivity index (χ2v) is 5.74. The number of hydrogen-bond acceptors (Lipinski definition) is 4. The van der Waals surface area contributed by atoms with Crippen molar-refractivity contribution in [3.8, 4) is 0 Å². The van der Waals surface area contributed by atoms with Crippen molar-refractivity contribution in [1.82, 2.24) is 9.97 Å². The molecule has 0 atom stereocenters. The zero-order chi connectivity index (χ0) is 14.5. The van der Waals surface area contributed by atoms with E-state index >= 15 is 0 Å². The quantitative estimate of drug-likeness (QED) is 0.844. The summed E-state index contributed by atoms with van der Waals surface area (Å²) in [5.74, 6) is 2.63. The Labute approximate surface area is 125 Å². The lowest BCUT2D eigenvalue weighted by Crippen LogP contribution is -2.06. The van der Waals surface area contributed by atoms with Crippen LogP contribution >= 0.6 is 11.8 Å². The molecule has 0 fully saturated rings. The molecule has 0 saturated carbocycles. The molecule has 0 spiro atoms. The Morgan fingerprint density at radius 3 is 2.55 bits per heavy atom. The third-order valence-electron chi connectivity index (χ3n) is 3.32. The highest BCUT2D eigenvalue weighted by Crippen LogP contribution is 2.26. The molecule has 0 bridgehead atoms. The molecular formula is C16H21N3S. The van der Waals surface area contributed by atoms with Crippen molar-refractivity contribution in [3.05, 3.63) is 46.9 Å². The Balaban J connectivity index is 2.19. The van der Waals surface area contributed by atoms with Crippen molar-refractivity contribution in [2.75, 3.05) is 12.4 Å². The largest absolute Gasteiger partial charge is 0.373 e. The second kappa shape index (κ2) is 6.75. The molecule has 0 aliphatic heterocycles. The number of hydrogen-bond donors (Lipinski definition) is 1. The average molecular weight is 287 g/mol. The molecule has 1 aromatic heterocycles. The highest BCUT2D eigenvalue weighted by Gasteiger charge is 2.09. The minimum absolute atomic E-state index is 0.798. The summed E-state index contributed by atoms with van der Waals surface area (Å²) in [7, 11) is 1.91. The fraction of sp³-hybridized carbons (Fsp3) is 0.375. The van der Waals surface area contributed by atoms with Crippen LogP contribution in [0.15, 0.2) is 29.2 Å². The lowest BCUT2D eigenvalue weighted by molar-refractivity contribution is 0.920. The number of nitrogens with zero attached hydrogens (tertiary/aromatic N) is 2. The normalized spacial score (nSPS) is 10.6. The number of nitrogens with one attached hydrogen (secondary N) is 1. The Kier molecular flexibility index (Phi) is 5.01. The van der Waals surface area contributed by atoms with Gasteiger partial charge in [0, 0.05) is 23.2 Å². The van der Waals surface area contributed by atoms with Crippen LogP contribution in [0.4, 0.5) is 5.82 Å². The molecular weight excluding hydrogens is 266 g/mol. The summed E-state index contributed by atoms with van der Waals surface area (Å²) < 4.78 is 0. The zero-order valence-electron chi connectivity index (χ0n) is 12.5. The van der Waals surface area contributed by atoms with Crippen LogP contribution in [0.3, 0.4) is 0 Å². The van der Waals surface area contributed by atoms with E-state index in [0.717, 1.165) is 35.1 Å². The van der Waals surface area contributed by atoms with Crippen LogP contribution in [0.25, 0.3) is 0 Å². The molecule has 2 aromatic rings. The zero-order valence-corrected chi connectivity index (χ0v) is 13.3. The van der Waals surface area contributed by atoms with E-state index in [1.54, 1.807) is 11.8 Å². The minimum Gasteiger partial charge on any atom is -0.373 e. The maximum atomic E-state index is 4.67. The predicted molar refractivity (Wildman–Crippen MR) is 86.4 cm³/mol. The van der Waals surface area contributed by atoms with Crippen molar-refractivity contribution in [2.45, 2.75) is 37.8 Å². The summed E-state index contributed by atoms with van der Waals surface area (Å²) in [6.07, 6.45) is 0.936. The molecule has 0 aliphatic carbocycles. The van der Waals surface area contributed by atoms with Crippen molar-refractivity contribution >= 4 is 17.6 Å². The van der Waals surface area contributed by atoms with E-state index in [-0.39, 0.29) is 0 Å². The van der Waals surface area contributed by atoms with Gasteiger partial charge in [0.25, 0.3) is 0 Å². The van der Waals surface area contributed by atoms with Crippen LogP contribution in [-0.4, -0.2) is 17.0 Å². The molecule has 3 nitrogen and oxygen atoms in total. The topological polar surface area (TPSA) is 37.8 Å². The van der Waals surface area contributed by atoms with Gasteiger partial charge in [-0.15, -0.1) is 11.8 Å². The molecule has 4 heteroatoms. The van der Waals surface area contributed by atoms with E-state index < -0.39 is 0 Å². The molecule has 0 radical (unpaired) electrons. The first-order chi connectivity index (χ1) is 9.65. The highest BCUT2D eigenvalue weighted by molar-refractivity contribution is 7.98. The van der Waals surface area contributed by atoms with Gasteiger partial charge in [-0.05, 0) is 31.9 Å². The van der Waals surface area contributed by atoms with E-state index in [2.05, 4.69) is 60.3 Å². The van der Waals surface area contributed by atoms with Gasteiger partial charge in [0.1, 0.15) is 11.6 Å². The van der Waals surface area contributed by atoms with Crippen LogP contribution in [-0.2, 0) is 12.2 Å². The standard InChI is InChI=1S/C16H21N3S/c1-5-13-12(3)16(17-4)19-15(18-13)10-20-14-9-7-6-8-11(14)2/h6-9H,5,10H2,1-4H3,(H,17,18,19). The van der Waals surface area contributed by atoms with Crippen molar-refractivity contribution in [1.29, 1.82) is 0 Å². The number of benzene rings is 1. The van der Waals surface area contributed by atoms with Crippen molar-refractivity contribution < 1.29 is 0 Å². The summed E-state index contributed by atoms with van der Waals surface area (Å²) in [4.78, 5) is 10.6. The van der Waals surface area contributed by atoms with Crippen LogP contribution < -0.4 is 5.32 Å². The fourth-order valence-electron chi connectivity index (χ4n) is 2.13. The fourth-order valence-corrected chi connectivity index (χ4v) is 3.01. The Bertz CT molecular complexity index is 571. The highest BCUT2D eigenvalue weighted by atomic mass is 32.2. The SMILES string of the molecule is CCc1nc(CSc2ccccc2C)nc(NC)c1C. The summed E-state index contributed by atoms with van der Waals surface area (Å²) in [6.45, 7) is 6.34. The van der Waals surface area contributed by atoms with Gasteiger partial charge in [-0.3, -0.25) is 0 Å². The molecule has 1 aromatic carbocycles. The summed E-state index contributed by atoms with van der Waals surface area (Å²) >= 11 is 1.79. The average Bonchev–Trinajstić information content (AvgIpc) is 2.47. The second-order valence-electron chi connectivity index (χ2n) is 4.72. The maximum absolute atomic E-state index is 4.67. The Morgan fingerprint density at radius 2 is 1.90 bits per heavy atom. The molecule has 0 unspecified atom stereocenters.